The number of thiol groups is 1. The lowest BCUT2D eigenvalue weighted by Gasteiger charge is -2.26. The van der Waals surface area contributed by atoms with Gasteiger partial charge in [0.1, 0.15) is 24.4 Å². The van der Waals surface area contributed by atoms with E-state index in [0.717, 1.165) is 0 Å². The Morgan fingerprint density at radius 3 is 2.28 bits per heavy atom. The van der Waals surface area contributed by atoms with Crippen molar-refractivity contribution < 1.29 is 34.8 Å². The monoisotopic (exact) mass is 283 g/mol. The number of hydrogen-bond acceptors (Lipinski definition) is 9. The molecule has 18 heavy (non-hydrogen) atoms. The van der Waals surface area contributed by atoms with Crippen molar-refractivity contribution in [3.63, 3.8) is 0 Å². The Balaban J connectivity index is 4.58. The van der Waals surface area contributed by atoms with Crippen LogP contribution in [-0.2, 0) is 14.3 Å². The fraction of sp³-hybridized carbons (Fsp3) is 0.778. The first-order valence-corrected chi connectivity index (χ1v) is 5.69. The smallest absolute Gasteiger partial charge is 0.324 e. The summed E-state index contributed by atoms with van der Waals surface area (Å²) >= 11 is 3.75. The number of nitrogens with two attached hydrogens (primary N) is 1. The molecule has 0 aromatic carbocycles. The van der Waals surface area contributed by atoms with Gasteiger partial charge in [-0.05, 0) is 0 Å². The molecule has 0 aliphatic carbocycles. The minimum absolute atomic E-state index is 0.0255. The van der Waals surface area contributed by atoms with Crippen molar-refractivity contribution in [3.05, 3.63) is 0 Å². The molecular formula is C9H17NO7S. The van der Waals surface area contributed by atoms with E-state index in [-0.39, 0.29) is 12.0 Å². The minimum Gasteiger partial charge on any atom is -0.451 e. The molecule has 0 rings (SSSR count). The minimum atomic E-state index is -1.87. The molecule has 0 aromatic rings. The second kappa shape index (κ2) is 8.40. The number of ether oxygens (including phenoxy) is 1. The summed E-state index contributed by atoms with van der Waals surface area (Å²) in [5.41, 5.74) is 5.28. The van der Waals surface area contributed by atoms with Crippen LogP contribution in [0.5, 0.6) is 0 Å². The summed E-state index contributed by atoms with van der Waals surface area (Å²) in [5, 5.41) is 36.5. The maximum absolute atomic E-state index is 11.3. The average molecular weight is 283 g/mol. The van der Waals surface area contributed by atoms with E-state index in [1.165, 1.54) is 0 Å². The number of hydrogen-bond donors (Lipinski definition) is 6. The normalized spacial score (nSPS) is 19.4. The SMILES string of the molecule is N[C@@H](CS)C(=O)O[C@@H](C=O)[C@@H](O)[C@H](O)[C@H](O)CO. The highest BCUT2D eigenvalue weighted by atomic mass is 32.1. The van der Waals surface area contributed by atoms with E-state index in [2.05, 4.69) is 17.4 Å². The number of carbonyl (C=O) groups excluding carboxylic acids is 2. The fourth-order valence-electron chi connectivity index (χ4n) is 1.00. The summed E-state index contributed by atoms with van der Waals surface area (Å²) < 4.78 is 4.55. The van der Waals surface area contributed by atoms with Gasteiger partial charge in [0.05, 0.1) is 6.61 Å². The quantitative estimate of drug-likeness (QED) is 0.152. The van der Waals surface area contributed by atoms with Gasteiger partial charge < -0.3 is 30.9 Å². The standard InChI is InChI=1S/C9H17NO7S/c10-4(3-18)9(16)17-6(2-12)8(15)7(14)5(13)1-11/h2,4-8,11,13-15,18H,1,3,10H2/t4-,5+,6-,7+,8+/m0/s1. The molecule has 5 atom stereocenters. The third-order valence-corrected chi connectivity index (χ3v) is 2.55. The second-order valence-electron chi connectivity index (χ2n) is 3.56. The van der Waals surface area contributed by atoms with E-state index in [4.69, 9.17) is 15.9 Å². The van der Waals surface area contributed by atoms with Crippen LogP contribution in [0.15, 0.2) is 0 Å². The zero-order valence-corrected chi connectivity index (χ0v) is 10.3. The summed E-state index contributed by atoms with van der Waals surface area (Å²) in [6.07, 6.45) is -6.99. The molecule has 0 aliphatic rings. The van der Waals surface area contributed by atoms with Crippen LogP contribution in [0, 0.1) is 0 Å². The Morgan fingerprint density at radius 1 is 1.33 bits per heavy atom. The summed E-state index contributed by atoms with van der Waals surface area (Å²) in [6.45, 7) is -0.825. The molecule has 0 unspecified atom stereocenters. The van der Waals surface area contributed by atoms with Crippen LogP contribution in [0.2, 0.25) is 0 Å². The van der Waals surface area contributed by atoms with Crippen molar-refractivity contribution in [2.24, 2.45) is 5.73 Å². The van der Waals surface area contributed by atoms with Crippen LogP contribution in [-0.4, -0.2) is 75.5 Å². The molecule has 106 valence electrons. The molecule has 8 nitrogen and oxygen atoms in total. The zero-order chi connectivity index (χ0) is 14.3. The molecule has 0 saturated heterocycles. The second-order valence-corrected chi connectivity index (χ2v) is 3.92. The van der Waals surface area contributed by atoms with E-state index in [1.54, 1.807) is 0 Å². The van der Waals surface area contributed by atoms with Gasteiger partial charge in [0, 0.05) is 5.75 Å². The highest BCUT2D eigenvalue weighted by Gasteiger charge is 2.34. The topological polar surface area (TPSA) is 150 Å². The van der Waals surface area contributed by atoms with Gasteiger partial charge in [-0.25, -0.2) is 0 Å². The van der Waals surface area contributed by atoms with E-state index >= 15 is 0 Å². The van der Waals surface area contributed by atoms with Gasteiger partial charge in [-0.2, -0.15) is 12.6 Å². The molecule has 0 aromatic heterocycles. The molecule has 0 spiro atoms. The van der Waals surface area contributed by atoms with Crippen molar-refractivity contribution >= 4 is 24.9 Å². The molecule has 0 fully saturated rings. The summed E-state index contributed by atoms with van der Waals surface area (Å²) in [4.78, 5) is 21.9. The molecule has 0 bridgehead atoms. The number of aldehydes is 1. The first-order valence-electron chi connectivity index (χ1n) is 5.06. The number of carbonyl (C=O) groups is 2. The van der Waals surface area contributed by atoms with Crippen LogP contribution in [0.25, 0.3) is 0 Å². The average Bonchev–Trinajstić information content (AvgIpc) is 2.40. The van der Waals surface area contributed by atoms with Crippen molar-refractivity contribution in [3.8, 4) is 0 Å². The zero-order valence-electron chi connectivity index (χ0n) is 9.42. The summed E-state index contributed by atoms with van der Waals surface area (Å²) in [6, 6.07) is -1.08. The van der Waals surface area contributed by atoms with Gasteiger partial charge in [0.25, 0.3) is 0 Å². The van der Waals surface area contributed by atoms with Crippen LogP contribution in [0.1, 0.15) is 0 Å². The molecular weight excluding hydrogens is 266 g/mol. The third-order valence-electron chi connectivity index (χ3n) is 2.15. The lowest BCUT2D eigenvalue weighted by Crippen LogP contribution is -2.49. The summed E-state index contributed by atoms with van der Waals surface area (Å²) in [5.74, 6) is -1.01. The molecule has 0 heterocycles. The van der Waals surface area contributed by atoms with Crippen molar-refractivity contribution in [1.82, 2.24) is 0 Å². The van der Waals surface area contributed by atoms with Crippen molar-refractivity contribution in [2.75, 3.05) is 12.4 Å². The van der Waals surface area contributed by atoms with Gasteiger partial charge in [-0.15, -0.1) is 0 Å². The maximum Gasteiger partial charge on any atom is 0.324 e. The van der Waals surface area contributed by atoms with E-state index in [0.29, 0.717) is 0 Å². The predicted molar refractivity (Wildman–Crippen MR) is 62.9 cm³/mol. The molecule has 0 aliphatic heterocycles. The predicted octanol–water partition coefficient (Wildman–Crippen LogP) is -3.57. The van der Waals surface area contributed by atoms with Crippen LogP contribution in [0.4, 0.5) is 0 Å². The van der Waals surface area contributed by atoms with Gasteiger partial charge in [0.2, 0.25) is 0 Å². The Hall–Kier alpha value is -0.710. The van der Waals surface area contributed by atoms with E-state index in [9.17, 15) is 19.8 Å². The van der Waals surface area contributed by atoms with Crippen molar-refractivity contribution in [2.45, 2.75) is 30.5 Å². The fourth-order valence-corrected chi connectivity index (χ4v) is 1.15. The Morgan fingerprint density at radius 2 is 1.89 bits per heavy atom. The molecule has 0 amide bonds. The molecule has 6 N–H and O–H groups in total. The highest BCUT2D eigenvalue weighted by Crippen LogP contribution is 2.08. The van der Waals surface area contributed by atoms with Gasteiger partial charge >= 0.3 is 5.97 Å². The Labute approximate surface area is 109 Å². The van der Waals surface area contributed by atoms with Crippen LogP contribution in [0.3, 0.4) is 0 Å². The highest BCUT2D eigenvalue weighted by molar-refractivity contribution is 7.80. The number of rotatable bonds is 8. The molecule has 9 heteroatoms. The van der Waals surface area contributed by atoms with Crippen LogP contribution < -0.4 is 5.73 Å². The van der Waals surface area contributed by atoms with Crippen molar-refractivity contribution in [1.29, 1.82) is 0 Å². The maximum atomic E-state index is 11.3. The lowest BCUT2D eigenvalue weighted by molar-refractivity contribution is -0.168. The number of aliphatic hydroxyl groups excluding tert-OH is 4. The van der Waals surface area contributed by atoms with E-state index in [1.807, 2.05) is 0 Å². The molecule has 0 radical (unpaired) electrons. The number of esters is 1. The largest absolute Gasteiger partial charge is 0.451 e. The van der Waals surface area contributed by atoms with Gasteiger partial charge in [-0.1, -0.05) is 0 Å². The van der Waals surface area contributed by atoms with Gasteiger partial charge in [-0.3, -0.25) is 9.59 Å². The van der Waals surface area contributed by atoms with E-state index < -0.39 is 43.0 Å². The first kappa shape index (κ1) is 17.3. The summed E-state index contributed by atoms with van der Waals surface area (Å²) in [7, 11) is 0. The Bertz CT molecular complexity index is 278. The lowest BCUT2D eigenvalue weighted by atomic mass is 10.0. The first-order chi connectivity index (χ1) is 8.38. The molecule has 0 saturated carbocycles. The number of aliphatic hydroxyl groups is 4. The third kappa shape index (κ3) is 4.88. The van der Waals surface area contributed by atoms with Gasteiger partial charge in [0.15, 0.2) is 12.4 Å². The Kier molecular flexibility index (Phi) is 8.07. The van der Waals surface area contributed by atoms with Crippen LogP contribution >= 0.6 is 12.6 Å².